The van der Waals surface area contributed by atoms with Crippen LogP contribution in [0.15, 0.2) is 18.2 Å². The van der Waals surface area contributed by atoms with E-state index >= 15 is 0 Å². The van der Waals surface area contributed by atoms with Crippen LogP contribution in [-0.4, -0.2) is 13.5 Å². The van der Waals surface area contributed by atoms with Gasteiger partial charge in [0, 0.05) is 5.56 Å². The van der Waals surface area contributed by atoms with Crippen molar-refractivity contribution in [2.75, 3.05) is 7.11 Å². The largest absolute Gasteiger partial charge is 0.494 e. The average Bonchev–Trinajstić information content (AvgIpc) is 2.21. The molecule has 0 heterocycles. The average molecular weight is 220 g/mol. The molecule has 3 nitrogen and oxygen atoms in total. The maximum absolute atomic E-state index is 13.5. The molecule has 1 unspecified atom stereocenters. The molecule has 0 saturated heterocycles. The van der Waals surface area contributed by atoms with E-state index in [1.54, 1.807) is 0 Å². The number of ether oxygens (including phenoxy) is 1. The Morgan fingerprint density at radius 1 is 1.40 bits per heavy atom. The molecule has 0 amide bonds. The number of hydrazine groups is 1. The summed E-state index contributed by atoms with van der Waals surface area (Å²) in [5.74, 6) is 4.01. The lowest BCUT2D eigenvalue weighted by Gasteiger charge is -2.16. The van der Waals surface area contributed by atoms with E-state index in [1.807, 2.05) is 5.43 Å². The SMILES string of the molecule is COc1cccc(C(NN)C(F)F)c1F. The molecule has 1 rings (SSSR count). The molecule has 1 atom stereocenters. The van der Waals surface area contributed by atoms with E-state index in [9.17, 15) is 13.2 Å². The lowest BCUT2D eigenvalue weighted by atomic mass is 10.1. The van der Waals surface area contributed by atoms with Crippen LogP contribution < -0.4 is 16.0 Å². The second-order valence-corrected chi connectivity index (χ2v) is 2.84. The van der Waals surface area contributed by atoms with Crippen LogP contribution in [0.5, 0.6) is 5.75 Å². The second kappa shape index (κ2) is 4.99. The van der Waals surface area contributed by atoms with Crippen molar-refractivity contribution < 1.29 is 17.9 Å². The fraction of sp³-hybridized carbons (Fsp3) is 0.333. The van der Waals surface area contributed by atoms with E-state index in [0.717, 1.165) is 0 Å². The fourth-order valence-electron chi connectivity index (χ4n) is 1.22. The van der Waals surface area contributed by atoms with Gasteiger partial charge in [0.05, 0.1) is 7.11 Å². The summed E-state index contributed by atoms with van der Waals surface area (Å²) in [5.41, 5.74) is 1.65. The number of nitrogens with one attached hydrogen (secondary N) is 1. The van der Waals surface area contributed by atoms with E-state index in [4.69, 9.17) is 5.84 Å². The standard InChI is InChI=1S/C9H11F3N2O/c1-15-6-4-2-3-5(7(6)10)8(14-13)9(11)12/h2-4,8-9,14H,13H2,1H3. The van der Waals surface area contributed by atoms with Crippen molar-refractivity contribution in [1.82, 2.24) is 5.43 Å². The summed E-state index contributed by atoms with van der Waals surface area (Å²) >= 11 is 0. The normalized spacial score (nSPS) is 12.9. The van der Waals surface area contributed by atoms with Gasteiger partial charge in [0.2, 0.25) is 0 Å². The highest BCUT2D eigenvalue weighted by molar-refractivity contribution is 5.33. The number of hydrogen-bond donors (Lipinski definition) is 2. The summed E-state index contributed by atoms with van der Waals surface area (Å²) in [6.45, 7) is 0. The Labute approximate surface area is 85.0 Å². The Kier molecular flexibility index (Phi) is 3.93. The zero-order valence-corrected chi connectivity index (χ0v) is 8.01. The molecule has 0 fully saturated rings. The van der Waals surface area contributed by atoms with Crippen LogP contribution in [-0.2, 0) is 0 Å². The highest BCUT2D eigenvalue weighted by Gasteiger charge is 2.25. The van der Waals surface area contributed by atoms with Gasteiger partial charge < -0.3 is 4.74 Å². The zero-order valence-electron chi connectivity index (χ0n) is 8.01. The fourth-order valence-corrected chi connectivity index (χ4v) is 1.22. The van der Waals surface area contributed by atoms with Crippen molar-refractivity contribution in [3.8, 4) is 5.75 Å². The highest BCUT2D eigenvalue weighted by Crippen LogP contribution is 2.27. The molecular formula is C9H11F3N2O. The van der Waals surface area contributed by atoms with Crippen molar-refractivity contribution >= 4 is 0 Å². The van der Waals surface area contributed by atoms with Gasteiger partial charge in [-0.25, -0.2) is 18.6 Å². The third kappa shape index (κ3) is 2.40. The number of rotatable bonds is 4. The number of nitrogens with two attached hydrogens (primary N) is 1. The lowest BCUT2D eigenvalue weighted by Crippen LogP contribution is -2.33. The van der Waals surface area contributed by atoms with Crippen molar-refractivity contribution in [1.29, 1.82) is 0 Å². The summed E-state index contributed by atoms with van der Waals surface area (Å²) in [6, 6.07) is 2.45. The minimum absolute atomic E-state index is 0.0894. The lowest BCUT2D eigenvalue weighted by molar-refractivity contribution is 0.0966. The number of benzene rings is 1. The summed E-state index contributed by atoms with van der Waals surface area (Å²) in [6.07, 6.45) is -2.79. The molecule has 1 aromatic rings. The molecule has 0 spiro atoms. The van der Waals surface area contributed by atoms with Crippen molar-refractivity contribution in [3.63, 3.8) is 0 Å². The molecule has 1 aromatic carbocycles. The number of methoxy groups -OCH3 is 1. The maximum atomic E-state index is 13.5. The van der Waals surface area contributed by atoms with E-state index in [0.29, 0.717) is 0 Å². The van der Waals surface area contributed by atoms with Gasteiger partial charge in [0.25, 0.3) is 6.43 Å². The van der Waals surface area contributed by atoms with E-state index in [-0.39, 0.29) is 11.3 Å². The molecule has 3 N–H and O–H groups in total. The molecule has 15 heavy (non-hydrogen) atoms. The minimum atomic E-state index is -2.79. The molecule has 0 saturated carbocycles. The van der Waals surface area contributed by atoms with E-state index < -0.39 is 18.3 Å². The summed E-state index contributed by atoms with van der Waals surface area (Å²) in [5, 5.41) is 0. The Balaban J connectivity index is 3.12. The van der Waals surface area contributed by atoms with E-state index in [1.165, 1.54) is 25.3 Å². The van der Waals surface area contributed by atoms with Gasteiger partial charge in [-0.3, -0.25) is 5.84 Å². The van der Waals surface area contributed by atoms with Gasteiger partial charge in [0.15, 0.2) is 11.6 Å². The molecule has 84 valence electrons. The van der Waals surface area contributed by atoms with Gasteiger partial charge in [-0.15, -0.1) is 0 Å². The first-order valence-corrected chi connectivity index (χ1v) is 4.18. The Hall–Kier alpha value is -1.27. The topological polar surface area (TPSA) is 47.3 Å². The molecule has 0 aromatic heterocycles. The van der Waals surface area contributed by atoms with Gasteiger partial charge in [-0.05, 0) is 6.07 Å². The number of hydrogen-bond acceptors (Lipinski definition) is 3. The van der Waals surface area contributed by atoms with Crippen LogP contribution in [0.2, 0.25) is 0 Å². The first kappa shape index (κ1) is 11.8. The van der Waals surface area contributed by atoms with Crippen LogP contribution in [0.4, 0.5) is 13.2 Å². The van der Waals surface area contributed by atoms with E-state index in [2.05, 4.69) is 4.74 Å². The molecule has 0 aliphatic carbocycles. The van der Waals surface area contributed by atoms with Crippen LogP contribution in [0.1, 0.15) is 11.6 Å². The van der Waals surface area contributed by atoms with Gasteiger partial charge in [-0.1, -0.05) is 12.1 Å². The molecule has 0 bridgehead atoms. The molecule has 6 heteroatoms. The first-order valence-electron chi connectivity index (χ1n) is 4.18. The molecule has 0 aliphatic heterocycles. The van der Waals surface area contributed by atoms with Gasteiger partial charge in [0.1, 0.15) is 6.04 Å². The monoisotopic (exact) mass is 220 g/mol. The van der Waals surface area contributed by atoms with Gasteiger partial charge in [-0.2, -0.15) is 0 Å². The van der Waals surface area contributed by atoms with Crippen molar-refractivity contribution in [2.24, 2.45) is 5.84 Å². The Morgan fingerprint density at radius 3 is 2.53 bits per heavy atom. The van der Waals surface area contributed by atoms with Gasteiger partial charge >= 0.3 is 0 Å². The highest BCUT2D eigenvalue weighted by atomic mass is 19.3. The molecular weight excluding hydrogens is 209 g/mol. The molecule has 0 radical (unpaired) electrons. The summed E-state index contributed by atoms with van der Waals surface area (Å²) in [7, 11) is 1.26. The smallest absolute Gasteiger partial charge is 0.259 e. The van der Waals surface area contributed by atoms with Crippen LogP contribution in [0, 0.1) is 5.82 Å². The quantitative estimate of drug-likeness (QED) is 0.598. The zero-order chi connectivity index (χ0) is 11.4. The van der Waals surface area contributed by atoms with Crippen LogP contribution >= 0.6 is 0 Å². The summed E-state index contributed by atoms with van der Waals surface area (Å²) < 4.78 is 43.1. The van der Waals surface area contributed by atoms with Crippen LogP contribution in [0.25, 0.3) is 0 Å². The van der Waals surface area contributed by atoms with Crippen LogP contribution in [0.3, 0.4) is 0 Å². The third-order valence-electron chi connectivity index (χ3n) is 1.98. The third-order valence-corrected chi connectivity index (χ3v) is 1.98. The molecule has 0 aliphatic rings. The number of halogens is 3. The Bertz CT molecular complexity index is 333. The first-order chi connectivity index (χ1) is 7.11. The predicted molar refractivity (Wildman–Crippen MR) is 49.0 cm³/mol. The van der Waals surface area contributed by atoms with Crippen molar-refractivity contribution in [3.05, 3.63) is 29.6 Å². The Morgan fingerprint density at radius 2 is 2.07 bits per heavy atom. The summed E-state index contributed by atoms with van der Waals surface area (Å²) in [4.78, 5) is 0. The second-order valence-electron chi connectivity index (χ2n) is 2.84. The minimum Gasteiger partial charge on any atom is -0.494 e. The number of alkyl halides is 2. The predicted octanol–water partition coefficient (Wildman–Crippen LogP) is 1.60. The van der Waals surface area contributed by atoms with Crippen molar-refractivity contribution in [2.45, 2.75) is 12.5 Å². The maximum Gasteiger partial charge on any atom is 0.259 e.